The first-order valence-electron chi connectivity index (χ1n) is 4.80. The third-order valence-electron chi connectivity index (χ3n) is 2.04. The molecule has 0 unspecified atom stereocenters. The number of halogens is 1. The zero-order valence-electron chi connectivity index (χ0n) is 8.74. The van der Waals surface area contributed by atoms with Crippen molar-refractivity contribution in [2.45, 2.75) is 15.8 Å². The first-order valence-corrected chi connectivity index (χ1v) is 6.50. The summed E-state index contributed by atoms with van der Waals surface area (Å²) in [7, 11) is 1.81. The Labute approximate surface area is 102 Å². The van der Waals surface area contributed by atoms with E-state index in [1.165, 1.54) is 17.8 Å². The smallest absolute Gasteiger partial charge is 0.154 e. The minimum absolute atomic E-state index is 0.170. The maximum Gasteiger partial charge on any atom is 0.154 e. The van der Waals surface area contributed by atoms with Gasteiger partial charge in [-0.3, -0.25) is 0 Å². The molecule has 2 rings (SSSR count). The lowest BCUT2D eigenvalue weighted by Crippen LogP contribution is -2.08. The van der Waals surface area contributed by atoms with Crippen molar-refractivity contribution in [2.24, 2.45) is 0 Å². The van der Waals surface area contributed by atoms with Crippen LogP contribution in [-0.2, 0) is 6.54 Å². The molecule has 0 atom stereocenters. The van der Waals surface area contributed by atoms with Gasteiger partial charge >= 0.3 is 0 Å². The number of nitrogens with one attached hydrogen (secondary N) is 1. The second-order valence-electron chi connectivity index (χ2n) is 3.15. The molecule has 0 spiro atoms. The zero-order chi connectivity index (χ0) is 11.4. The van der Waals surface area contributed by atoms with Gasteiger partial charge in [-0.05, 0) is 19.2 Å². The van der Waals surface area contributed by atoms with Gasteiger partial charge in [-0.1, -0.05) is 17.8 Å². The van der Waals surface area contributed by atoms with Gasteiger partial charge in [0, 0.05) is 28.6 Å². The van der Waals surface area contributed by atoms with E-state index >= 15 is 0 Å². The Morgan fingerprint density at radius 2 is 2.38 bits per heavy atom. The average Bonchev–Trinajstić information content (AvgIpc) is 2.76. The summed E-state index contributed by atoms with van der Waals surface area (Å²) in [5.74, 6) is -0.170. The molecule has 0 amide bonds. The van der Waals surface area contributed by atoms with E-state index in [1.54, 1.807) is 23.6 Å². The van der Waals surface area contributed by atoms with Crippen LogP contribution in [0, 0.1) is 5.82 Å². The Kier molecular flexibility index (Phi) is 3.93. The van der Waals surface area contributed by atoms with E-state index in [2.05, 4.69) is 10.3 Å². The van der Waals surface area contributed by atoms with Crippen molar-refractivity contribution in [3.05, 3.63) is 41.2 Å². The number of aromatic nitrogens is 1. The fraction of sp³-hybridized carbons (Fsp3) is 0.182. The Balaban J connectivity index is 2.29. The predicted octanol–water partition coefficient (Wildman–Crippen LogP) is 3.15. The summed E-state index contributed by atoms with van der Waals surface area (Å²) >= 11 is 3.06. The highest BCUT2D eigenvalue weighted by Gasteiger charge is 2.09. The Morgan fingerprint density at radius 1 is 1.50 bits per heavy atom. The SMILES string of the molecule is CNCc1c(F)cccc1Sc1nccs1. The summed E-state index contributed by atoms with van der Waals surface area (Å²) in [6, 6.07) is 5.13. The highest BCUT2D eigenvalue weighted by atomic mass is 32.2. The van der Waals surface area contributed by atoms with Gasteiger partial charge < -0.3 is 5.32 Å². The number of hydrogen-bond donors (Lipinski definition) is 1. The third-order valence-corrected chi connectivity index (χ3v) is 4.02. The molecule has 84 valence electrons. The Hall–Kier alpha value is -0.910. The summed E-state index contributed by atoms with van der Waals surface area (Å²) in [5.41, 5.74) is 0.699. The van der Waals surface area contributed by atoms with Gasteiger partial charge in [0.15, 0.2) is 4.34 Å². The van der Waals surface area contributed by atoms with Crippen LogP contribution in [0.1, 0.15) is 5.56 Å². The molecule has 0 saturated heterocycles. The molecule has 1 aromatic carbocycles. The van der Waals surface area contributed by atoms with Crippen LogP contribution in [0.4, 0.5) is 4.39 Å². The van der Waals surface area contributed by atoms with Crippen molar-refractivity contribution in [3.8, 4) is 0 Å². The van der Waals surface area contributed by atoms with Crippen LogP contribution in [0.2, 0.25) is 0 Å². The third kappa shape index (κ3) is 2.61. The van der Waals surface area contributed by atoms with Crippen LogP contribution in [0.15, 0.2) is 39.0 Å². The van der Waals surface area contributed by atoms with Crippen LogP contribution < -0.4 is 5.32 Å². The molecular formula is C11H11FN2S2. The highest BCUT2D eigenvalue weighted by molar-refractivity contribution is 8.01. The number of benzene rings is 1. The molecule has 0 aliphatic carbocycles. The minimum atomic E-state index is -0.170. The topological polar surface area (TPSA) is 24.9 Å². The summed E-state index contributed by atoms with van der Waals surface area (Å²) in [5, 5.41) is 4.89. The van der Waals surface area contributed by atoms with E-state index in [9.17, 15) is 4.39 Å². The fourth-order valence-corrected chi connectivity index (χ4v) is 3.07. The van der Waals surface area contributed by atoms with E-state index in [1.807, 2.05) is 18.5 Å². The normalized spacial score (nSPS) is 10.6. The van der Waals surface area contributed by atoms with Gasteiger partial charge in [-0.15, -0.1) is 11.3 Å². The molecule has 0 fully saturated rings. The van der Waals surface area contributed by atoms with Gasteiger partial charge in [0.2, 0.25) is 0 Å². The molecular weight excluding hydrogens is 243 g/mol. The van der Waals surface area contributed by atoms with E-state index in [4.69, 9.17) is 0 Å². The van der Waals surface area contributed by atoms with Crippen LogP contribution in [-0.4, -0.2) is 12.0 Å². The van der Waals surface area contributed by atoms with E-state index in [0.717, 1.165) is 9.24 Å². The standard InChI is InChI=1S/C11H11FN2S2/c1-13-7-8-9(12)3-2-4-10(8)16-11-14-5-6-15-11/h2-6,13H,7H2,1H3. The van der Waals surface area contributed by atoms with Crippen molar-refractivity contribution in [3.63, 3.8) is 0 Å². The average molecular weight is 254 g/mol. The Bertz CT molecular complexity index is 457. The molecule has 0 aliphatic rings. The molecule has 1 aromatic heterocycles. The molecule has 2 aromatic rings. The zero-order valence-corrected chi connectivity index (χ0v) is 10.4. The van der Waals surface area contributed by atoms with Crippen LogP contribution in [0.3, 0.4) is 0 Å². The lowest BCUT2D eigenvalue weighted by atomic mass is 10.2. The molecule has 0 saturated carbocycles. The molecule has 16 heavy (non-hydrogen) atoms. The van der Waals surface area contributed by atoms with Gasteiger partial charge in [-0.2, -0.15) is 0 Å². The first-order chi connectivity index (χ1) is 7.81. The van der Waals surface area contributed by atoms with Crippen LogP contribution in [0.25, 0.3) is 0 Å². The highest BCUT2D eigenvalue weighted by Crippen LogP contribution is 2.32. The molecule has 1 heterocycles. The molecule has 2 nitrogen and oxygen atoms in total. The Morgan fingerprint density at radius 3 is 3.06 bits per heavy atom. The number of hydrogen-bond acceptors (Lipinski definition) is 4. The second-order valence-corrected chi connectivity index (χ2v) is 5.33. The van der Waals surface area contributed by atoms with Crippen molar-refractivity contribution in [1.82, 2.24) is 10.3 Å². The maximum absolute atomic E-state index is 13.6. The molecule has 0 radical (unpaired) electrons. The molecule has 1 N–H and O–H groups in total. The predicted molar refractivity (Wildman–Crippen MR) is 65.4 cm³/mol. The maximum atomic E-state index is 13.6. The lowest BCUT2D eigenvalue weighted by Gasteiger charge is -2.08. The number of rotatable bonds is 4. The van der Waals surface area contributed by atoms with E-state index < -0.39 is 0 Å². The van der Waals surface area contributed by atoms with Gasteiger partial charge in [0.1, 0.15) is 5.82 Å². The van der Waals surface area contributed by atoms with Crippen molar-refractivity contribution < 1.29 is 4.39 Å². The summed E-state index contributed by atoms with van der Waals surface area (Å²) < 4.78 is 14.5. The van der Waals surface area contributed by atoms with Gasteiger partial charge in [-0.25, -0.2) is 9.37 Å². The molecule has 0 aliphatic heterocycles. The largest absolute Gasteiger partial charge is 0.316 e. The van der Waals surface area contributed by atoms with Crippen molar-refractivity contribution >= 4 is 23.1 Å². The first kappa shape index (κ1) is 11.6. The van der Waals surface area contributed by atoms with Crippen LogP contribution >= 0.6 is 23.1 Å². The molecule has 5 heteroatoms. The van der Waals surface area contributed by atoms with Crippen molar-refractivity contribution in [1.29, 1.82) is 0 Å². The summed E-state index contributed by atoms with van der Waals surface area (Å²) in [6.07, 6.45) is 1.75. The monoisotopic (exact) mass is 254 g/mol. The number of thiazole rings is 1. The van der Waals surface area contributed by atoms with Gasteiger partial charge in [0.25, 0.3) is 0 Å². The van der Waals surface area contributed by atoms with Crippen molar-refractivity contribution in [2.75, 3.05) is 7.05 Å². The quantitative estimate of drug-likeness (QED) is 0.907. The number of nitrogens with zero attached hydrogens (tertiary/aromatic N) is 1. The summed E-state index contributed by atoms with van der Waals surface area (Å²) in [6.45, 7) is 0.528. The fourth-order valence-electron chi connectivity index (χ4n) is 1.34. The van der Waals surface area contributed by atoms with E-state index in [0.29, 0.717) is 12.1 Å². The lowest BCUT2D eigenvalue weighted by molar-refractivity contribution is 0.594. The minimum Gasteiger partial charge on any atom is -0.316 e. The van der Waals surface area contributed by atoms with Gasteiger partial charge in [0.05, 0.1) is 0 Å². The second kappa shape index (κ2) is 5.43. The van der Waals surface area contributed by atoms with E-state index in [-0.39, 0.29) is 5.82 Å². The summed E-state index contributed by atoms with van der Waals surface area (Å²) in [4.78, 5) is 5.10. The van der Waals surface area contributed by atoms with Crippen LogP contribution in [0.5, 0.6) is 0 Å². The molecule has 0 bridgehead atoms.